The Bertz CT molecular complexity index is 944. The van der Waals surface area contributed by atoms with Gasteiger partial charge in [0.25, 0.3) is 11.8 Å². The summed E-state index contributed by atoms with van der Waals surface area (Å²) < 4.78 is 34.1. The van der Waals surface area contributed by atoms with Crippen molar-refractivity contribution in [1.29, 1.82) is 0 Å². The van der Waals surface area contributed by atoms with Crippen LogP contribution < -0.4 is 5.32 Å². The molecule has 9 heteroatoms. The van der Waals surface area contributed by atoms with Gasteiger partial charge in [-0.05, 0) is 31.0 Å². The molecule has 0 radical (unpaired) electrons. The molecule has 0 unspecified atom stereocenters. The lowest BCUT2D eigenvalue weighted by molar-refractivity contribution is 0.0939. The predicted molar refractivity (Wildman–Crippen MR) is 92.8 cm³/mol. The molecule has 2 heterocycles. The summed E-state index contributed by atoms with van der Waals surface area (Å²) in [4.78, 5) is 16.4. The van der Waals surface area contributed by atoms with Gasteiger partial charge in [-0.25, -0.2) is 8.78 Å². The standard InChI is InChI=1S/C18H19F2N5O2/c1-4-25-14(8-13(23-25)10(2)3)17(26)21-9-15-22-18(27-24-15)16-11(19)6-5-7-12(16)20/h5-8,10H,4,9H2,1-3H3,(H,21,26). The van der Waals surface area contributed by atoms with Crippen molar-refractivity contribution in [2.45, 2.75) is 39.8 Å². The Balaban J connectivity index is 1.73. The van der Waals surface area contributed by atoms with Gasteiger partial charge in [0.15, 0.2) is 5.82 Å². The van der Waals surface area contributed by atoms with E-state index in [1.807, 2.05) is 20.8 Å². The lowest BCUT2D eigenvalue weighted by Gasteiger charge is -2.04. The van der Waals surface area contributed by atoms with E-state index in [1.165, 1.54) is 6.07 Å². The SMILES string of the molecule is CCn1nc(C(C)C)cc1C(=O)NCc1noc(-c2c(F)cccc2F)n1. The van der Waals surface area contributed by atoms with Gasteiger partial charge in [0.1, 0.15) is 22.9 Å². The van der Waals surface area contributed by atoms with Crippen molar-refractivity contribution in [1.82, 2.24) is 25.2 Å². The first kappa shape index (κ1) is 18.7. The minimum absolute atomic E-state index is 0.0513. The maximum atomic E-state index is 13.8. The average molecular weight is 375 g/mol. The highest BCUT2D eigenvalue weighted by Crippen LogP contribution is 2.24. The summed E-state index contributed by atoms with van der Waals surface area (Å²) in [7, 11) is 0. The second-order valence-electron chi connectivity index (χ2n) is 6.22. The fourth-order valence-electron chi connectivity index (χ4n) is 2.52. The summed E-state index contributed by atoms with van der Waals surface area (Å²) >= 11 is 0. The van der Waals surface area contributed by atoms with Crippen LogP contribution in [0.1, 0.15) is 48.7 Å². The van der Waals surface area contributed by atoms with Gasteiger partial charge < -0.3 is 9.84 Å². The second kappa shape index (κ2) is 7.65. The molecule has 0 saturated heterocycles. The third kappa shape index (κ3) is 3.86. The molecule has 0 atom stereocenters. The monoisotopic (exact) mass is 375 g/mol. The predicted octanol–water partition coefficient (Wildman–Crippen LogP) is 3.28. The van der Waals surface area contributed by atoms with Crippen LogP contribution in [0.3, 0.4) is 0 Å². The van der Waals surface area contributed by atoms with E-state index >= 15 is 0 Å². The minimum Gasteiger partial charge on any atom is -0.343 e. The van der Waals surface area contributed by atoms with Crippen molar-refractivity contribution in [3.8, 4) is 11.5 Å². The van der Waals surface area contributed by atoms with Crippen molar-refractivity contribution in [3.63, 3.8) is 0 Å². The van der Waals surface area contributed by atoms with E-state index in [0.717, 1.165) is 17.8 Å². The van der Waals surface area contributed by atoms with Crippen molar-refractivity contribution >= 4 is 5.91 Å². The Hall–Kier alpha value is -3.10. The normalized spacial score (nSPS) is 11.2. The Morgan fingerprint density at radius 2 is 2.00 bits per heavy atom. The number of amides is 1. The van der Waals surface area contributed by atoms with E-state index in [1.54, 1.807) is 10.7 Å². The van der Waals surface area contributed by atoms with Crippen LogP contribution in [-0.4, -0.2) is 25.8 Å². The van der Waals surface area contributed by atoms with E-state index in [2.05, 4.69) is 20.6 Å². The Kier molecular flexibility index (Phi) is 5.29. The molecule has 0 saturated carbocycles. The number of aromatic nitrogens is 4. The number of carbonyl (C=O) groups excluding carboxylic acids is 1. The summed E-state index contributed by atoms with van der Waals surface area (Å²) in [5.74, 6) is -1.94. The van der Waals surface area contributed by atoms with Gasteiger partial charge in [0.05, 0.1) is 12.2 Å². The maximum Gasteiger partial charge on any atom is 0.269 e. The molecule has 1 amide bonds. The van der Waals surface area contributed by atoms with Gasteiger partial charge in [-0.15, -0.1) is 0 Å². The third-order valence-electron chi connectivity index (χ3n) is 3.97. The van der Waals surface area contributed by atoms with E-state index in [9.17, 15) is 13.6 Å². The molecular weight excluding hydrogens is 356 g/mol. The Morgan fingerprint density at radius 1 is 1.30 bits per heavy atom. The molecule has 27 heavy (non-hydrogen) atoms. The molecular formula is C18H19F2N5O2. The van der Waals surface area contributed by atoms with Crippen LogP contribution >= 0.6 is 0 Å². The van der Waals surface area contributed by atoms with Crippen molar-refractivity contribution in [2.75, 3.05) is 0 Å². The topological polar surface area (TPSA) is 85.8 Å². The zero-order chi connectivity index (χ0) is 19.6. The lowest BCUT2D eigenvalue weighted by atomic mass is 10.1. The molecule has 0 bridgehead atoms. The maximum absolute atomic E-state index is 13.8. The van der Waals surface area contributed by atoms with E-state index in [4.69, 9.17) is 4.52 Å². The molecule has 0 aliphatic carbocycles. The fourth-order valence-corrected chi connectivity index (χ4v) is 2.52. The molecule has 7 nitrogen and oxygen atoms in total. The first-order valence-corrected chi connectivity index (χ1v) is 8.53. The molecule has 1 aromatic carbocycles. The number of nitrogens with zero attached hydrogens (tertiary/aromatic N) is 4. The quantitative estimate of drug-likeness (QED) is 0.715. The van der Waals surface area contributed by atoms with Crippen molar-refractivity contribution < 1.29 is 18.1 Å². The van der Waals surface area contributed by atoms with Crippen LogP contribution in [0.2, 0.25) is 0 Å². The highest BCUT2D eigenvalue weighted by molar-refractivity contribution is 5.92. The molecule has 0 aliphatic rings. The molecule has 3 rings (SSSR count). The highest BCUT2D eigenvalue weighted by atomic mass is 19.1. The van der Waals surface area contributed by atoms with Crippen LogP contribution in [0.4, 0.5) is 8.78 Å². The number of hydrogen-bond donors (Lipinski definition) is 1. The number of halogens is 2. The van der Waals surface area contributed by atoms with Crippen LogP contribution in [0.5, 0.6) is 0 Å². The first-order chi connectivity index (χ1) is 12.9. The van der Waals surface area contributed by atoms with Crippen LogP contribution in [0.15, 0.2) is 28.8 Å². The van der Waals surface area contributed by atoms with Gasteiger partial charge in [0, 0.05) is 6.54 Å². The number of nitrogens with one attached hydrogen (secondary N) is 1. The van der Waals surface area contributed by atoms with Gasteiger partial charge in [-0.2, -0.15) is 10.1 Å². The van der Waals surface area contributed by atoms with Gasteiger partial charge in [-0.3, -0.25) is 9.48 Å². The van der Waals surface area contributed by atoms with Crippen molar-refractivity contribution in [3.05, 3.63) is 53.1 Å². The highest BCUT2D eigenvalue weighted by Gasteiger charge is 2.19. The van der Waals surface area contributed by atoms with Crippen LogP contribution in [-0.2, 0) is 13.1 Å². The number of hydrogen-bond acceptors (Lipinski definition) is 5. The lowest BCUT2D eigenvalue weighted by Crippen LogP contribution is -2.26. The minimum atomic E-state index is -0.803. The number of aryl methyl sites for hydroxylation is 1. The Labute approximate surface area is 154 Å². The summed E-state index contributed by atoms with van der Waals surface area (Å²) in [5.41, 5.74) is 0.845. The smallest absolute Gasteiger partial charge is 0.269 e. The molecule has 0 fully saturated rings. The number of rotatable bonds is 6. The zero-order valence-corrected chi connectivity index (χ0v) is 15.2. The number of carbonyl (C=O) groups is 1. The summed E-state index contributed by atoms with van der Waals surface area (Å²) in [6.45, 7) is 6.38. The molecule has 3 aromatic rings. The van der Waals surface area contributed by atoms with Gasteiger partial charge in [-0.1, -0.05) is 25.1 Å². The average Bonchev–Trinajstić information content (AvgIpc) is 3.26. The molecule has 142 valence electrons. The second-order valence-corrected chi connectivity index (χ2v) is 6.22. The summed E-state index contributed by atoms with van der Waals surface area (Å²) in [6.07, 6.45) is 0. The van der Waals surface area contributed by atoms with Gasteiger partial charge in [0.2, 0.25) is 0 Å². The van der Waals surface area contributed by atoms with E-state index in [0.29, 0.717) is 12.2 Å². The van der Waals surface area contributed by atoms with Crippen LogP contribution in [0.25, 0.3) is 11.5 Å². The molecule has 0 spiro atoms. The molecule has 1 N–H and O–H groups in total. The zero-order valence-electron chi connectivity index (χ0n) is 15.2. The van der Waals surface area contributed by atoms with E-state index < -0.39 is 17.2 Å². The van der Waals surface area contributed by atoms with Crippen molar-refractivity contribution in [2.24, 2.45) is 0 Å². The first-order valence-electron chi connectivity index (χ1n) is 8.53. The fraction of sp³-hybridized carbons (Fsp3) is 0.333. The largest absolute Gasteiger partial charge is 0.343 e. The summed E-state index contributed by atoms with van der Waals surface area (Å²) in [5, 5.41) is 10.7. The Morgan fingerprint density at radius 3 is 2.63 bits per heavy atom. The number of benzene rings is 1. The summed E-state index contributed by atoms with van der Waals surface area (Å²) in [6, 6.07) is 5.18. The third-order valence-corrected chi connectivity index (χ3v) is 3.97. The van der Waals surface area contributed by atoms with Gasteiger partial charge >= 0.3 is 0 Å². The molecule has 2 aromatic heterocycles. The molecule has 0 aliphatic heterocycles. The van der Waals surface area contributed by atoms with E-state index in [-0.39, 0.29) is 30.1 Å². The van der Waals surface area contributed by atoms with Crippen LogP contribution in [0, 0.1) is 11.6 Å².